The van der Waals surface area contributed by atoms with Gasteiger partial charge in [-0.2, -0.15) is 0 Å². The second-order valence-corrected chi connectivity index (χ2v) is 2.29. The summed E-state index contributed by atoms with van der Waals surface area (Å²) in [6, 6.07) is 0. The van der Waals surface area contributed by atoms with Crippen molar-refractivity contribution in [1.29, 1.82) is 0 Å². The van der Waals surface area contributed by atoms with E-state index >= 15 is 0 Å². The third-order valence-electron chi connectivity index (χ3n) is 1.05. The molecule has 0 aliphatic heterocycles. The molecule has 0 N–H and O–H groups in total. The largest absolute Gasteiger partial charge is 0.245 e. The van der Waals surface area contributed by atoms with E-state index in [4.69, 9.17) is 0 Å². The summed E-state index contributed by atoms with van der Waals surface area (Å²) in [5.74, 6) is 0. The monoisotopic (exact) mass is 116 g/mol. The van der Waals surface area contributed by atoms with Gasteiger partial charge in [0.1, 0.15) is 20.3 Å². The number of nitrogens with zero attached hydrogens (tertiary/aromatic N) is 1. The van der Waals surface area contributed by atoms with Crippen LogP contribution in [0.15, 0.2) is 0 Å². The van der Waals surface area contributed by atoms with E-state index in [1.807, 2.05) is 0 Å². The van der Waals surface area contributed by atoms with Crippen molar-refractivity contribution >= 4 is 6.21 Å². The van der Waals surface area contributed by atoms with Crippen LogP contribution in [0, 0.1) is 0 Å². The van der Waals surface area contributed by atoms with E-state index in [1.54, 1.807) is 0 Å². The summed E-state index contributed by atoms with van der Waals surface area (Å²) >= 11 is 0. The van der Waals surface area contributed by atoms with E-state index in [-0.39, 0.29) is 0 Å². The van der Waals surface area contributed by atoms with Crippen molar-refractivity contribution in [2.45, 2.75) is 26.2 Å². The molecule has 0 aromatic heterocycles. The Balaban J connectivity index is 3.03. The zero-order chi connectivity index (χ0) is 6.41. The lowest BCUT2D eigenvalue weighted by atomic mass is 10.4. The highest BCUT2D eigenvalue weighted by Gasteiger charge is 1.82. The summed E-state index contributed by atoms with van der Waals surface area (Å²) < 4.78 is 2.11. The molecule has 8 heavy (non-hydrogen) atoms. The average Bonchev–Trinajstić information content (AvgIpc) is 1.66. The van der Waals surface area contributed by atoms with Crippen molar-refractivity contribution in [3.63, 3.8) is 0 Å². The molecule has 0 rings (SSSR count). The van der Waals surface area contributed by atoms with Crippen molar-refractivity contribution in [2.75, 3.05) is 14.1 Å². The molecule has 0 aromatic carbocycles. The number of hydrogen-bond donors (Lipinski definition) is 0. The minimum atomic E-state index is 1.23. The van der Waals surface area contributed by atoms with Crippen LogP contribution in [0.4, 0.5) is 0 Å². The van der Waals surface area contributed by atoms with Crippen LogP contribution in [0.3, 0.4) is 0 Å². The SMILES string of the molecule is C[N+](C)=CCC[13CH2][13CH3]. The van der Waals surface area contributed by atoms with Gasteiger partial charge in [-0.25, -0.2) is 4.58 Å². The molecular formula is C7H16N+. The molecule has 1 heteroatoms. The maximum atomic E-state index is 2.21. The first-order valence-corrected chi connectivity index (χ1v) is 3.27. The van der Waals surface area contributed by atoms with Crippen molar-refractivity contribution < 1.29 is 4.58 Å². The van der Waals surface area contributed by atoms with E-state index in [2.05, 4.69) is 31.8 Å². The summed E-state index contributed by atoms with van der Waals surface area (Å²) in [7, 11) is 4.13. The molecule has 0 radical (unpaired) electrons. The second kappa shape index (κ2) is 4.82. The molecule has 0 heterocycles. The summed E-state index contributed by atoms with van der Waals surface area (Å²) in [5, 5.41) is 0. The Hall–Kier alpha value is -0.330. The lowest BCUT2D eigenvalue weighted by Gasteiger charge is -1.85. The van der Waals surface area contributed by atoms with E-state index in [0.29, 0.717) is 0 Å². The van der Waals surface area contributed by atoms with Gasteiger partial charge in [0.25, 0.3) is 0 Å². The standard InChI is InChI=1S/C7H16N/c1-4-5-6-7-8(2)3/h7H,4-6H2,1-3H3/q+1/i1+1,4+1. The fraction of sp³-hybridized carbons (Fsp3) is 0.857. The van der Waals surface area contributed by atoms with Gasteiger partial charge in [0.15, 0.2) is 0 Å². The molecule has 0 aromatic rings. The molecule has 1 nitrogen and oxygen atoms in total. The van der Waals surface area contributed by atoms with Gasteiger partial charge in [-0.05, 0) is 6.42 Å². The average molecular weight is 116 g/mol. The Bertz CT molecular complexity index is 70.5. The normalized spacial score (nSPS) is 8.88. The van der Waals surface area contributed by atoms with Crippen LogP contribution in [0.1, 0.15) is 26.2 Å². The van der Waals surface area contributed by atoms with Gasteiger partial charge in [0.05, 0.1) is 0 Å². The second-order valence-electron chi connectivity index (χ2n) is 2.29. The first-order valence-electron chi connectivity index (χ1n) is 3.27. The topological polar surface area (TPSA) is 3.01 Å². The molecule has 0 saturated carbocycles. The quantitative estimate of drug-likeness (QED) is 0.227. The lowest BCUT2D eigenvalue weighted by Crippen LogP contribution is -1.97. The van der Waals surface area contributed by atoms with Gasteiger partial charge in [0.2, 0.25) is 0 Å². The van der Waals surface area contributed by atoms with Crippen molar-refractivity contribution in [1.82, 2.24) is 0 Å². The predicted molar refractivity (Wildman–Crippen MR) is 37.7 cm³/mol. The van der Waals surface area contributed by atoms with Crippen LogP contribution >= 0.6 is 0 Å². The number of hydrogen-bond acceptors (Lipinski definition) is 0. The highest BCUT2D eigenvalue weighted by atomic mass is 14.9. The fourth-order valence-corrected chi connectivity index (χ4v) is 0.554. The highest BCUT2D eigenvalue weighted by molar-refractivity contribution is 5.50. The smallest absolute Gasteiger partial charge is 0.139 e. The van der Waals surface area contributed by atoms with Gasteiger partial charge in [0, 0.05) is 6.42 Å². The zero-order valence-electron chi connectivity index (χ0n) is 6.15. The van der Waals surface area contributed by atoms with Crippen LogP contribution < -0.4 is 0 Å². The minimum absolute atomic E-state index is 1.23. The summed E-state index contributed by atoms with van der Waals surface area (Å²) in [5.41, 5.74) is 0. The van der Waals surface area contributed by atoms with E-state index in [0.717, 1.165) is 0 Å². The summed E-state index contributed by atoms with van der Waals surface area (Å²) in [6.07, 6.45) is 6.05. The Labute approximate surface area is 52.0 Å². The van der Waals surface area contributed by atoms with Crippen molar-refractivity contribution in [2.24, 2.45) is 0 Å². The van der Waals surface area contributed by atoms with Crippen LogP contribution in [0.5, 0.6) is 0 Å². The molecule has 0 amide bonds. The van der Waals surface area contributed by atoms with Crippen LogP contribution in [0.25, 0.3) is 0 Å². The van der Waals surface area contributed by atoms with Crippen LogP contribution in [0.2, 0.25) is 0 Å². The molecule has 0 aliphatic carbocycles. The maximum absolute atomic E-state index is 2.21. The van der Waals surface area contributed by atoms with Crippen molar-refractivity contribution in [3.05, 3.63) is 0 Å². The predicted octanol–water partition coefficient (Wildman–Crippen LogP) is 1.52. The minimum Gasteiger partial charge on any atom is -0.245 e. The van der Waals surface area contributed by atoms with Gasteiger partial charge < -0.3 is 0 Å². The third kappa shape index (κ3) is 5.67. The molecule has 0 atom stereocenters. The van der Waals surface area contributed by atoms with Gasteiger partial charge >= 0.3 is 0 Å². The molecule has 0 bridgehead atoms. The maximum Gasteiger partial charge on any atom is 0.139 e. The van der Waals surface area contributed by atoms with E-state index < -0.39 is 0 Å². The Kier molecular flexibility index (Phi) is 4.62. The zero-order valence-corrected chi connectivity index (χ0v) is 6.15. The van der Waals surface area contributed by atoms with Gasteiger partial charge in [-0.3, -0.25) is 0 Å². The van der Waals surface area contributed by atoms with Crippen LogP contribution in [-0.4, -0.2) is 24.9 Å². The summed E-state index contributed by atoms with van der Waals surface area (Å²) in [6.45, 7) is 2.21. The fourth-order valence-electron chi connectivity index (χ4n) is 0.554. The molecular weight excluding hydrogens is 100 g/mol. The first-order chi connectivity index (χ1) is 3.77. The van der Waals surface area contributed by atoms with E-state index in [1.165, 1.54) is 19.3 Å². The molecule has 0 saturated heterocycles. The number of rotatable bonds is 3. The molecule has 48 valence electrons. The van der Waals surface area contributed by atoms with Crippen LogP contribution in [-0.2, 0) is 0 Å². The first kappa shape index (κ1) is 7.67. The number of unbranched alkanes of at least 4 members (excludes halogenated alkanes) is 2. The van der Waals surface area contributed by atoms with Gasteiger partial charge in [-0.1, -0.05) is 13.3 Å². The third-order valence-corrected chi connectivity index (χ3v) is 1.05. The lowest BCUT2D eigenvalue weighted by molar-refractivity contribution is -0.460. The highest BCUT2D eigenvalue weighted by Crippen LogP contribution is 1.88. The molecule has 0 spiro atoms. The Morgan fingerprint density at radius 3 is 2.38 bits per heavy atom. The van der Waals surface area contributed by atoms with E-state index in [9.17, 15) is 0 Å². The Morgan fingerprint density at radius 1 is 1.38 bits per heavy atom. The molecule has 0 unspecified atom stereocenters. The Morgan fingerprint density at radius 2 is 2.00 bits per heavy atom. The molecule has 0 fully saturated rings. The molecule has 0 aliphatic rings. The summed E-state index contributed by atoms with van der Waals surface area (Å²) in [4.78, 5) is 0. The van der Waals surface area contributed by atoms with Crippen molar-refractivity contribution in [3.8, 4) is 0 Å². The van der Waals surface area contributed by atoms with Gasteiger partial charge in [-0.15, -0.1) is 0 Å².